The van der Waals surface area contributed by atoms with E-state index in [0.717, 1.165) is 12.0 Å². The maximum atomic E-state index is 5.97. The van der Waals surface area contributed by atoms with Gasteiger partial charge in [-0.05, 0) is 24.1 Å². The number of rotatable bonds is 5. The summed E-state index contributed by atoms with van der Waals surface area (Å²) in [4.78, 5) is 0. The van der Waals surface area contributed by atoms with Crippen molar-refractivity contribution < 1.29 is 9.47 Å². The van der Waals surface area contributed by atoms with Crippen molar-refractivity contribution in [1.82, 2.24) is 0 Å². The van der Waals surface area contributed by atoms with Gasteiger partial charge < -0.3 is 9.47 Å². The lowest BCUT2D eigenvalue weighted by molar-refractivity contribution is -0.0291. The van der Waals surface area contributed by atoms with Gasteiger partial charge >= 0.3 is 0 Å². The average molecular weight is 235 g/mol. The first kappa shape index (κ1) is 11.8. The zero-order valence-corrected chi connectivity index (χ0v) is 9.44. The second-order valence-electron chi connectivity index (χ2n) is 2.80. The molecule has 0 amide bonds. The van der Waals surface area contributed by atoms with Crippen LogP contribution in [-0.2, 0) is 15.9 Å². The first-order chi connectivity index (χ1) is 6.74. The van der Waals surface area contributed by atoms with Crippen LogP contribution in [0, 0.1) is 0 Å². The third-order valence-corrected chi connectivity index (χ3v) is 2.32. The number of hydrogen-bond donors (Lipinski definition) is 0. The molecule has 14 heavy (non-hydrogen) atoms. The first-order valence-corrected chi connectivity index (χ1v) is 5.00. The molecule has 0 unspecified atom stereocenters. The normalized spacial score (nSPS) is 10.5. The minimum Gasteiger partial charge on any atom is -0.359 e. The summed E-state index contributed by atoms with van der Waals surface area (Å²) in [6.07, 6.45) is 0.763. The molecule has 0 aliphatic heterocycles. The Morgan fingerprint density at radius 2 is 2.07 bits per heavy atom. The SMILES string of the molecule is COCOCCc1ccc(Cl)cc1Cl. The molecule has 0 atom stereocenters. The number of methoxy groups -OCH3 is 1. The highest BCUT2D eigenvalue weighted by atomic mass is 35.5. The molecule has 0 heterocycles. The van der Waals surface area contributed by atoms with Crippen LogP contribution in [0.25, 0.3) is 0 Å². The van der Waals surface area contributed by atoms with E-state index >= 15 is 0 Å². The highest BCUT2D eigenvalue weighted by molar-refractivity contribution is 6.35. The second kappa shape index (κ2) is 6.25. The van der Waals surface area contributed by atoms with Gasteiger partial charge in [-0.3, -0.25) is 0 Å². The summed E-state index contributed by atoms with van der Waals surface area (Å²) in [7, 11) is 1.59. The predicted molar refractivity (Wildman–Crippen MR) is 58.0 cm³/mol. The monoisotopic (exact) mass is 234 g/mol. The average Bonchev–Trinajstić information content (AvgIpc) is 2.15. The molecule has 0 aliphatic rings. The Morgan fingerprint density at radius 3 is 2.71 bits per heavy atom. The van der Waals surface area contributed by atoms with Gasteiger partial charge in [-0.1, -0.05) is 29.3 Å². The molecular weight excluding hydrogens is 223 g/mol. The Labute approximate surface area is 93.7 Å². The molecule has 0 saturated carbocycles. The van der Waals surface area contributed by atoms with Gasteiger partial charge in [0.15, 0.2) is 0 Å². The molecule has 0 aromatic heterocycles. The van der Waals surface area contributed by atoms with Crippen LogP contribution in [0.15, 0.2) is 18.2 Å². The summed E-state index contributed by atoms with van der Waals surface area (Å²) in [6.45, 7) is 0.903. The van der Waals surface area contributed by atoms with Crippen molar-refractivity contribution in [3.8, 4) is 0 Å². The number of benzene rings is 1. The third-order valence-electron chi connectivity index (χ3n) is 1.73. The molecular formula is C10H12Cl2O2. The van der Waals surface area contributed by atoms with E-state index in [2.05, 4.69) is 0 Å². The van der Waals surface area contributed by atoms with E-state index in [9.17, 15) is 0 Å². The van der Waals surface area contributed by atoms with Crippen molar-refractivity contribution in [3.63, 3.8) is 0 Å². The van der Waals surface area contributed by atoms with Gasteiger partial charge in [0.2, 0.25) is 0 Å². The molecule has 1 aromatic carbocycles. The molecule has 0 N–H and O–H groups in total. The molecule has 0 radical (unpaired) electrons. The van der Waals surface area contributed by atoms with E-state index in [-0.39, 0.29) is 0 Å². The van der Waals surface area contributed by atoms with Crippen LogP contribution in [-0.4, -0.2) is 20.5 Å². The molecule has 0 fully saturated rings. The third kappa shape index (κ3) is 3.84. The van der Waals surface area contributed by atoms with Gasteiger partial charge in [-0.25, -0.2) is 0 Å². The predicted octanol–water partition coefficient (Wildman–Crippen LogP) is 3.16. The minimum absolute atomic E-state index is 0.311. The Hall–Kier alpha value is -0.280. The van der Waals surface area contributed by atoms with Crippen molar-refractivity contribution in [2.45, 2.75) is 6.42 Å². The maximum absolute atomic E-state index is 5.97. The van der Waals surface area contributed by atoms with Crippen molar-refractivity contribution in [2.75, 3.05) is 20.5 Å². The van der Waals surface area contributed by atoms with Crippen LogP contribution in [0.4, 0.5) is 0 Å². The number of ether oxygens (including phenoxy) is 2. The van der Waals surface area contributed by atoms with Gasteiger partial charge in [0.25, 0.3) is 0 Å². The summed E-state index contributed by atoms with van der Waals surface area (Å²) < 4.78 is 9.91. The molecule has 2 nitrogen and oxygen atoms in total. The minimum atomic E-state index is 0.311. The van der Waals surface area contributed by atoms with E-state index < -0.39 is 0 Å². The molecule has 4 heteroatoms. The Kier molecular flexibility index (Phi) is 5.26. The molecule has 0 bridgehead atoms. The second-order valence-corrected chi connectivity index (χ2v) is 3.64. The summed E-state index contributed by atoms with van der Waals surface area (Å²) in [6, 6.07) is 5.45. The summed E-state index contributed by atoms with van der Waals surface area (Å²) in [5.41, 5.74) is 1.03. The molecule has 0 saturated heterocycles. The molecule has 1 aromatic rings. The Balaban J connectivity index is 2.42. The molecule has 0 spiro atoms. The van der Waals surface area contributed by atoms with E-state index in [1.165, 1.54) is 0 Å². The summed E-state index contributed by atoms with van der Waals surface area (Å²) in [5, 5.41) is 1.33. The van der Waals surface area contributed by atoms with Crippen LogP contribution in [0.2, 0.25) is 10.0 Å². The smallest absolute Gasteiger partial charge is 0.146 e. The quantitative estimate of drug-likeness (QED) is 0.576. The lowest BCUT2D eigenvalue weighted by Gasteiger charge is -2.05. The fraction of sp³-hybridized carbons (Fsp3) is 0.400. The van der Waals surface area contributed by atoms with Crippen LogP contribution < -0.4 is 0 Å². The van der Waals surface area contributed by atoms with Crippen LogP contribution >= 0.6 is 23.2 Å². The topological polar surface area (TPSA) is 18.5 Å². The van der Waals surface area contributed by atoms with Gasteiger partial charge in [0.05, 0.1) is 6.61 Å². The van der Waals surface area contributed by atoms with Gasteiger partial charge in [-0.15, -0.1) is 0 Å². The van der Waals surface area contributed by atoms with E-state index in [0.29, 0.717) is 23.4 Å². The lowest BCUT2D eigenvalue weighted by Crippen LogP contribution is -2.01. The fourth-order valence-electron chi connectivity index (χ4n) is 1.05. The Morgan fingerprint density at radius 1 is 1.29 bits per heavy atom. The zero-order valence-electron chi connectivity index (χ0n) is 7.93. The highest BCUT2D eigenvalue weighted by Crippen LogP contribution is 2.21. The summed E-state index contributed by atoms with van der Waals surface area (Å²) in [5.74, 6) is 0. The van der Waals surface area contributed by atoms with Gasteiger partial charge in [0.1, 0.15) is 6.79 Å². The Bertz CT molecular complexity index is 289. The largest absolute Gasteiger partial charge is 0.359 e. The van der Waals surface area contributed by atoms with Gasteiger partial charge in [0, 0.05) is 17.2 Å². The van der Waals surface area contributed by atoms with Crippen LogP contribution in [0.3, 0.4) is 0 Å². The first-order valence-electron chi connectivity index (χ1n) is 4.24. The maximum Gasteiger partial charge on any atom is 0.146 e. The summed E-state index contributed by atoms with van der Waals surface area (Å²) >= 11 is 11.7. The molecule has 78 valence electrons. The van der Waals surface area contributed by atoms with E-state index in [1.807, 2.05) is 12.1 Å². The molecule has 1 rings (SSSR count). The zero-order chi connectivity index (χ0) is 10.4. The van der Waals surface area contributed by atoms with E-state index in [1.54, 1.807) is 13.2 Å². The number of hydrogen-bond acceptors (Lipinski definition) is 2. The number of halogens is 2. The molecule has 0 aliphatic carbocycles. The van der Waals surface area contributed by atoms with Crippen molar-refractivity contribution >= 4 is 23.2 Å². The van der Waals surface area contributed by atoms with Crippen molar-refractivity contribution in [3.05, 3.63) is 33.8 Å². The van der Waals surface area contributed by atoms with Crippen LogP contribution in [0.1, 0.15) is 5.56 Å². The van der Waals surface area contributed by atoms with Crippen molar-refractivity contribution in [1.29, 1.82) is 0 Å². The van der Waals surface area contributed by atoms with Gasteiger partial charge in [-0.2, -0.15) is 0 Å². The fourth-order valence-corrected chi connectivity index (χ4v) is 1.55. The standard InChI is InChI=1S/C10H12Cl2O2/c1-13-7-14-5-4-8-2-3-9(11)6-10(8)12/h2-3,6H,4-5,7H2,1H3. The lowest BCUT2D eigenvalue weighted by atomic mass is 10.2. The highest BCUT2D eigenvalue weighted by Gasteiger charge is 2.00. The van der Waals surface area contributed by atoms with Crippen molar-refractivity contribution in [2.24, 2.45) is 0 Å². The van der Waals surface area contributed by atoms with Crippen LogP contribution in [0.5, 0.6) is 0 Å². The van der Waals surface area contributed by atoms with E-state index in [4.69, 9.17) is 32.7 Å².